The van der Waals surface area contributed by atoms with Crippen LogP contribution >= 0.6 is 0 Å². The molecule has 0 bridgehead atoms. The summed E-state index contributed by atoms with van der Waals surface area (Å²) in [5.41, 5.74) is 0.00821. The van der Waals surface area contributed by atoms with Gasteiger partial charge in [-0.25, -0.2) is 9.59 Å². The third-order valence-electron chi connectivity index (χ3n) is 7.56. The molecule has 222 valence electrons. The van der Waals surface area contributed by atoms with E-state index < -0.39 is 47.3 Å². The lowest BCUT2D eigenvalue weighted by Crippen LogP contribution is -2.55. The Bertz CT molecular complexity index is 1370. The van der Waals surface area contributed by atoms with Gasteiger partial charge in [0, 0.05) is 29.5 Å². The third-order valence-corrected chi connectivity index (χ3v) is 7.56. The number of likely N-dealkylation sites (tertiary alicyclic amines) is 1. The summed E-state index contributed by atoms with van der Waals surface area (Å²) in [5.74, 6) is -1.000. The Morgan fingerprint density at radius 1 is 1.15 bits per heavy atom. The van der Waals surface area contributed by atoms with Crippen LogP contribution < -0.4 is 20.3 Å². The summed E-state index contributed by atoms with van der Waals surface area (Å²) in [7, 11) is 1.51. The number of alkyl carbamates (subject to hydrolysis) is 1. The van der Waals surface area contributed by atoms with Gasteiger partial charge in [0.15, 0.2) is 0 Å². The summed E-state index contributed by atoms with van der Waals surface area (Å²) in [6, 6.07) is 2.66. The lowest BCUT2D eigenvalue weighted by atomic mass is 9.83. The van der Waals surface area contributed by atoms with E-state index in [1.807, 2.05) is 0 Å². The average molecular weight is 570 g/mol. The molecule has 2 heterocycles. The van der Waals surface area contributed by atoms with Gasteiger partial charge in [-0.1, -0.05) is 31.9 Å². The predicted molar refractivity (Wildman–Crippen MR) is 153 cm³/mol. The molecule has 1 saturated heterocycles. The Balaban J connectivity index is 1.61. The Morgan fingerprint density at radius 3 is 2.46 bits per heavy atom. The topological polar surface area (TPSA) is 147 Å². The number of hydrogen-bond acceptors (Lipinski definition) is 7. The molecule has 2 amide bonds. The van der Waals surface area contributed by atoms with Gasteiger partial charge in [-0.05, 0) is 45.6 Å². The van der Waals surface area contributed by atoms with Crippen LogP contribution in [0.4, 0.5) is 4.79 Å². The highest BCUT2D eigenvalue weighted by molar-refractivity contribution is 5.91. The molecule has 2 aliphatic rings. The van der Waals surface area contributed by atoms with Crippen molar-refractivity contribution in [1.29, 1.82) is 0 Å². The van der Waals surface area contributed by atoms with Gasteiger partial charge in [-0.3, -0.25) is 9.59 Å². The van der Waals surface area contributed by atoms with E-state index in [1.165, 1.54) is 18.1 Å². The zero-order valence-corrected chi connectivity index (χ0v) is 24.0. The number of hydrogen-bond donors (Lipinski definition) is 3. The van der Waals surface area contributed by atoms with Gasteiger partial charge in [0.25, 0.3) is 5.56 Å². The van der Waals surface area contributed by atoms with E-state index in [4.69, 9.17) is 14.2 Å². The number of nitrogens with one attached hydrogen (secondary N) is 2. The number of nitrogens with zero attached hydrogens (tertiary/aromatic N) is 1. The predicted octanol–water partition coefficient (Wildman–Crippen LogP) is 4.09. The highest BCUT2D eigenvalue weighted by Gasteiger charge is 2.45. The van der Waals surface area contributed by atoms with Crippen LogP contribution in [0.5, 0.6) is 11.5 Å². The van der Waals surface area contributed by atoms with E-state index in [0.29, 0.717) is 22.2 Å². The van der Waals surface area contributed by atoms with Crippen molar-refractivity contribution in [2.75, 3.05) is 13.7 Å². The van der Waals surface area contributed by atoms with Crippen molar-refractivity contribution >= 4 is 34.9 Å². The third kappa shape index (κ3) is 7.01. The first-order valence-corrected chi connectivity index (χ1v) is 14.0. The molecule has 4 rings (SSSR count). The van der Waals surface area contributed by atoms with Gasteiger partial charge in [0.05, 0.1) is 19.2 Å². The molecular weight excluding hydrogens is 530 g/mol. The van der Waals surface area contributed by atoms with E-state index in [-0.39, 0.29) is 24.6 Å². The lowest BCUT2D eigenvalue weighted by molar-refractivity contribution is -0.149. The number of methoxy groups -OCH3 is 1. The number of ether oxygens (including phenoxy) is 3. The molecule has 1 aliphatic carbocycles. The molecule has 2 aromatic rings. The van der Waals surface area contributed by atoms with Crippen LogP contribution in [0, 0.1) is 5.92 Å². The number of carboxylic acids is 1. The summed E-state index contributed by atoms with van der Waals surface area (Å²) in [5, 5.41) is 13.4. The van der Waals surface area contributed by atoms with Crippen LogP contribution in [0.15, 0.2) is 29.6 Å². The molecule has 3 atom stereocenters. The molecule has 0 radical (unpaired) electrons. The minimum absolute atomic E-state index is 0.0175. The fourth-order valence-electron chi connectivity index (χ4n) is 5.71. The summed E-state index contributed by atoms with van der Waals surface area (Å²) < 4.78 is 17.0. The second-order valence-electron chi connectivity index (χ2n) is 11.7. The molecule has 3 N–H and O–H groups in total. The molecule has 0 unspecified atom stereocenters. The Kier molecular flexibility index (Phi) is 8.94. The normalized spacial score (nSPS) is 20.3. The number of carboxylic acid groups (broad SMARTS) is 1. The molecule has 1 aromatic heterocycles. The Hall–Kier alpha value is -4.02. The number of rotatable bonds is 8. The van der Waals surface area contributed by atoms with Crippen molar-refractivity contribution < 1.29 is 33.7 Å². The number of aromatic amines is 1. The molecule has 0 spiro atoms. The fourth-order valence-corrected chi connectivity index (χ4v) is 5.71. The van der Waals surface area contributed by atoms with Crippen LogP contribution in [0.1, 0.15) is 64.9 Å². The Labute approximate surface area is 238 Å². The minimum Gasteiger partial charge on any atom is -0.496 e. The van der Waals surface area contributed by atoms with Crippen LogP contribution in [0.25, 0.3) is 17.0 Å². The number of carbonyl (C=O) groups excluding carboxylic acids is 2. The average Bonchev–Trinajstić information content (AvgIpc) is 3.34. The molecule has 1 aromatic carbocycles. The van der Waals surface area contributed by atoms with Crippen molar-refractivity contribution in [1.82, 2.24) is 15.2 Å². The van der Waals surface area contributed by atoms with E-state index in [9.17, 15) is 24.3 Å². The largest absolute Gasteiger partial charge is 0.496 e. The standard InChI is InChI=1S/C30H39N3O8/c1-6-17-12-20-21(14-23(17)39-5)31-25(34)15-24(20)40-19-13-22(28(36)37)33(16-19)27(35)26(18-10-8-7-9-11-18)32-29(38)41-30(2,3)4/h6,12,14-15,18-19,22,26H,1,7-11,13,16H2,2-5H3,(H,31,34)(H,32,38)(H,36,37)/t19-,22+,26+/m1/s1. The maximum absolute atomic E-state index is 13.9. The van der Waals surface area contributed by atoms with E-state index >= 15 is 0 Å². The summed E-state index contributed by atoms with van der Waals surface area (Å²) in [4.78, 5) is 55.4. The highest BCUT2D eigenvalue weighted by Crippen LogP contribution is 2.34. The molecular formula is C30H39N3O8. The van der Waals surface area contributed by atoms with Gasteiger partial charge in [-0.15, -0.1) is 0 Å². The number of H-pyrrole nitrogens is 1. The first-order chi connectivity index (χ1) is 19.4. The first kappa shape index (κ1) is 30.0. The van der Waals surface area contributed by atoms with Gasteiger partial charge in [0.2, 0.25) is 5.91 Å². The molecule has 1 saturated carbocycles. The lowest BCUT2D eigenvalue weighted by Gasteiger charge is -2.34. The number of aromatic nitrogens is 1. The number of carbonyl (C=O) groups is 3. The minimum atomic E-state index is -1.17. The van der Waals surface area contributed by atoms with Gasteiger partial charge in [-0.2, -0.15) is 0 Å². The molecule has 11 heteroatoms. The van der Waals surface area contributed by atoms with Crippen molar-refractivity contribution in [3.8, 4) is 11.5 Å². The highest BCUT2D eigenvalue weighted by atomic mass is 16.6. The van der Waals surface area contributed by atoms with Crippen molar-refractivity contribution in [2.45, 2.75) is 83.1 Å². The van der Waals surface area contributed by atoms with E-state index in [1.54, 1.807) is 39.0 Å². The van der Waals surface area contributed by atoms with Crippen molar-refractivity contribution in [2.24, 2.45) is 5.92 Å². The molecule has 2 fully saturated rings. The SMILES string of the molecule is C=Cc1cc2c(O[C@@H]3C[C@@H](C(=O)O)N(C(=O)[C@@H](NC(=O)OC(C)(C)C)C4CCCCC4)C3)cc(=O)[nH]c2cc1OC. The van der Waals surface area contributed by atoms with Crippen LogP contribution in [0.3, 0.4) is 0 Å². The maximum atomic E-state index is 13.9. The van der Waals surface area contributed by atoms with Gasteiger partial charge >= 0.3 is 12.1 Å². The Morgan fingerprint density at radius 2 is 1.85 bits per heavy atom. The molecule has 11 nitrogen and oxygen atoms in total. The number of pyridine rings is 1. The number of aliphatic carboxylic acids is 1. The van der Waals surface area contributed by atoms with Crippen molar-refractivity contribution in [3.63, 3.8) is 0 Å². The van der Waals surface area contributed by atoms with Crippen LogP contribution in [-0.2, 0) is 14.3 Å². The zero-order valence-electron chi connectivity index (χ0n) is 24.0. The second-order valence-corrected chi connectivity index (χ2v) is 11.7. The van der Waals surface area contributed by atoms with Gasteiger partial charge < -0.3 is 34.5 Å². The first-order valence-electron chi connectivity index (χ1n) is 14.0. The summed E-state index contributed by atoms with van der Waals surface area (Å²) in [6.07, 6.45) is 4.59. The number of benzene rings is 1. The van der Waals surface area contributed by atoms with E-state index in [2.05, 4.69) is 16.9 Å². The van der Waals surface area contributed by atoms with Gasteiger partial charge in [0.1, 0.15) is 35.3 Å². The quantitative estimate of drug-likeness (QED) is 0.431. The maximum Gasteiger partial charge on any atom is 0.408 e. The fraction of sp³-hybridized carbons (Fsp3) is 0.533. The zero-order chi connectivity index (χ0) is 29.9. The van der Waals surface area contributed by atoms with E-state index in [0.717, 1.165) is 32.1 Å². The van der Waals surface area contributed by atoms with Crippen LogP contribution in [0.2, 0.25) is 0 Å². The van der Waals surface area contributed by atoms with Crippen molar-refractivity contribution in [3.05, 3.63) is 40.7 Å². The smallest absolute Gasteiger partial charge is 0.408 e. The summed E-state index contributed by atoms with van der Waals surface area (Å²) >= 11 is 0. The molecule has 41 heavy (non-hydrogen) atoms. The number of fused-ring (bicyclic) bond motifs is 1. The van der Waals surface area contributed by atoms with Crippen LogP contribution in [-0.4, -0.2) is 70.4 Å². The monoisotopic (exact) mass is 569 g/mol. The second kappa shape index (κ2) is 12.2. The number of amides is 2. The summed E-state index contributed by atoms with van der Waals surface area (Å²) in [6.45, 7) is 9.00. The molecule has 1 aliphatic heterocycles.